The fourth-order valence-corrected chi connectivity index (χ4v) is 3.03. The van der Waals surface area contributed by atoms with Gasteiger partial charge >= 0.3 is 0 Å². The van der Waals surface area contributed by atoms with Gasteiger partial charge in [-0.2, -0.15) is 0 Å². The highest BCUT2D eigenvalue weighted by Gasteiger charge is 2.52. The fraction of sp³-hybridized carbons (Fsp3) is 0.316. The molecule has 0 unspecified atom stereocenters. The lowest BCUT2D eigenvalue weighted by molar-refractivity contribution is -0.118. The van der Waals surface area contributed by atoms with Crippen molar-refractivity contribution < 1.29 is 9.53 Å². The number of ether oxygens (including phenoxy) is 1. The van der Waals surface area contributed by atoms with Gasteiger partial charge in [0.1, 0.15) is 5.75 Å². The van der Waals surface area contributed by atoms with Crippen LogP contribution in [0.3, 0.4) is 0 Å². The lowest BCUT2D eigenvalue weighted by Crippen LogP contribution is -2.28. The van der Waals surface area contributed by atoms with Gasteiger partial charge in [0, 0.05) is 11.3 Å². The van der Waals surface area contributed by atoms with Crippen molar-refractivity contribution in [1.29, 1.82) is 0 Å². The van der Waals surface area contributed by atoms with E-state index in [9.17, 15) is 4.79 Å². The highest BCUT2D eigenvalue weighted by molar-refractivity contribution is 6.02. The summed E-state index contributed by atoms with van der Waals surface area (Å²) in [7, 11) is 1.65. The molecule has 1 aliphatic carbocycles. The molecule has 0 heterocycles. The molecule has 0 bridgehead atoms. The summed E-state index contributed by atoms with van der Waals surface area (Å²) in [6.45, 7) is 4.04. The van der Waals surface area contributed by atoms with E-state index in [2.05, 4.69) is 5.32 Å². The summed E-state index contributed by atoms with van der Waals surface area (Å²) in [6, 6.07) is 13.9. The first kappa shape index (κ1) is 14.6. The molecule has 3 heteroatoms. The SMILES string of the molecule is COc1ccccc1C1(C(=O)Nc2c(C)cccc2C)CC1. The smallest absolute Gasteiger partial charge is 0.235 e. The van der Waals surface area contributed by atoms with E-state index in [1.807, 2.05) is 56.3 Å². The Bertz CT molecular complexity index is 697. The summed E-state index contributed by atoms with van der Waals surface area (Å²) >= 11 is 0. The van der Waals surface area contributed by atoms with Crippen LogP contribution in [0.2, 0.25) is 0 Å². The van der Waals surface area contributed by atoms with E-state index in [0.29, 0.717) is 0 Å². The Morgan fingerprint density at radius 1 is 1.05 bits per heavy atom. The molecule has 2 aromatic rings. The highest BCUT2D eigenvalue weighted by Crippen LogP contribution is 2.52. The first-order chi connectivity index (χ1) is 10.6. The molecule has 0 aromatic heterocycles. The quantitative estimate of drug-likeness (QED) is 0.926. The van der Waals surface area contributed by atoms with Crippen LogP contribution in [0.1, 0.15) is 29.5 Å². The molecule has 0 aliphatic heterocycles. The average Bonchev–Trinajstić information content (AvgIpc) is 3.32. The maximum absolute atomic E-state index is 12.9. The van der Waals surface area contributed by atoms with Crippen molar-refractivity contribution in [2.24, 2.45) is 0 Å². The first-order valence-electron chi connectivity index (χ1n) is 7.59. The molecule has 0 radical (unpaired) electrons. The number of methoxy groups -OCH3 is 1. The fourth-order valence-electron chi connectivity index (χ4n) is 3.03. The summed E-state index contributed by atoms with van der Waals surface area (Å²) in [5.41, 5.74) is 3.64. The van der Waals surface area contributed by atoms with Gasteiger partial charge in [0.15, 0.2) is 0 Å². The van der Waals surface area contributed by atoms with Gasteiger partial charge in [0.05, 0.1) is 12.5 Å². The maximum Gasteiger partial charge on any atom is 0.235 e. The molecule has 3 rings (SSSR count). The van der Waals surface area contributed by atoms with Gasteiger partial charge in [-0.3, -0.25) is 4.79 Å². The Hall–Kier alpha value is -2.29. The third kappa shape index (κ3) is 2.37. The van der Waals surface area contributed by atoms with Gasteiger partial charge in [-0.1, -0.05) is 36.4 Å². The zero-order valence-electron chi connectivity index (χ0n) is 13.3. The summed E-state index contributed by atoms with van der Waals surface area (Å²) in [4.78, 5) is 12.9. The molecule has 0 saturated heterocycles. The Balaban J connectivity index is 1.92. The summed E-state index contributed by atoms with van der Waals surface area (Å²) < 4.78 is 5.44. The molecule has 0 atom stereocenters. The van der Waals surface area contributed by atoms with Crippen LogP contribution < -0.4 is 10.1 Å². The number of carbonyl (C=O) groups is 1. The van der Waals surface area contributed by atoms with Crippen LogP contribution >= 0.6 is 0 Å². The van der Waals surface area contributed by atoms with Gasteiger partial charge in [-0.05, 0) is 43.9 Å². The number of carbonyl (C=O) groups excluding carboxylic acids is 1. The van der Waals surface area contributed by atoms with Crippen molar-refractivity contribution in [3.8, 4) is 5.75 Å². The van der Waals surface area contributed by atoms with Crippen molar-refractivity contribution in [3.63, 3.8) is 0 Å². The predicted molar refractivity (Wildman–Crippen MR) is 88.5 cm³/mol. The van der Waals surface area contributed by atoms with Crippen molar-refractivity contribution in [3.05, 3.63) is 59.2 Å². The Labute approximate surface area is 131 Å². The number of hydrogen-bond acceptors (Lipinski definition) is 2. The topological polar surface area (TPSA) is 38.3 Å². The number of rotatable bonds is 4. The zero-order chi connectivity index (χ0) is 15.7. The normalized spacial score (nSPS) is 15.2. The Morgan fingerprint density at radius 2 is 1.68 bits per heavy atom. The molecule has 0 spiro atoms. The van der Waals surface area contributed by atoms with Crippen molar-refractivity contribution in [1.82, 2.24) is 0 Å². The summed E-state index contributed by atoms with van der Waals surface area (Å²) in [5.74, 6) is 0.853. The van der Waals surface area contributed by atoms with Crippen LogP contribution in [0.25, 0.3) is 0 Å². The number of hydrogen-bond donors (Lipinski definition) is 1. The molecule has 1 fully saturated rings. The molecule has 1 amide bonds. The minimum atomic E-state index is -0.443. The number of amides is 1. The first-order valence-corrected chi connectivity index (χ1v) is 7.59. The molecule has 1 aliphatic rings. The largest absolute Gasteiger partial charge is 0.496 e. The third-order valence-electron chi connectivity index (χ3n) is 4.53. The molecule has 1 saturated carbocycles. The predicted octanol–water partition coefficient (Wildman–Crippen LogP) is 3.98. The number of para-hydroxylation sites is 2. The van der Waals surface area contributed by atoms with Crippen molar-refractivity contribution in [2.75, 3.05) is 12.4 Å². The van der Waals surface area contributed by atoms with Crippen LogP contribution in [0, 0.1) is 13.8 Å². The monoisotopic (exact) mass is 295 g/mol. The second kappa shape index (κ2) is 5.48. The highest BCUT2D eigenvalue weighted by atomic mass is 16.5. The minimum Gasteiger partial charge on any atom is -0.496 e. The van der Waals surface area contributed by atoms with Crippen molar-refractivity contribution in [2.45, 2.75) is 32.1 Å². The van der Waals surface area contributed by atoms with E-state index in [4.69, 9.17) is 4.74 Å². The molecule has 2 aromatic carbocycles. The van der Waals surface area contributed by atoms with Crippen LogP contribution in [0.4, 0.5) is 5.69 Å². The van der Waals surface area contributed by atoms with E-state index in [1.165, 1.54) is 0 Å². The maximum atomic E-state index is 12.9. The molecule has 3 nitrogen and oxygen atoms in total. The van der Waals surface area contributed by atoms with Crippen LogP contribution in [0.15, 0.2) is 42.5 Å². The van der Waals surface area contributed by atoms with E-state index in [-0.39, 0.29) is 5.91 Å². The summed E-state index contributed by atoms with van der Waals surface area (Å²) in [5, 5.41) is 3.14. The van der Waals surface area contributed by atoms with E-state index >= 15 is 0 Å². The minimum absolute atomic E-state index is 0.0643. The summed E-state index contributed by atoms with van der Waals surface area (Å²) in [6.07, 6.45) is 1.73. The third-order valence-corrected chi connectivity index (χ3v) is 4.53. The standard InChI is InChI=1S/C19H21NO2/c1-13-7-6-8-14(2)17(13)20-18(21)19(11-12-19)15-9-4-5-10-16(15)22-3/h4-10H,11-12H2,1-3H3,(H,20,21). The average molecular weight is 295 g/mol. The van der Waals surface area contributed by atoms with Gasteiger partial charge < -0.3 is 10.1 Å². The number of aryl methyl sites for hydroxylation is 2. The zero-order valence-corrected chi connectivity index (χ0v) is 13.3. The molecular weight excluding hydrogens is 274 g/mol. The van der Waals surface area contributed by atoms with Gasteiger partial charge in [0.25, 0.3) is 0 Å². The van der Waals surface area contributed by atoms with E-state index in [0.717, 1.165) is 41.0 Å². The number of nitrogens with one attached hydrogen (secondary N) is 1. The van der Waals surface area contributed by atoms with Gasteiger partial charge in [0.2, 0.25) is 5.91 Å². The van der Waals surface area contributed by atoms with Gasteiger partial charge in [-0.15, -0.1) is 0 Å². The van der Waals surface area contributed by atoms with Crippen LogP contribution in [-0.4, -0.2) is 13.0 Å². The lowest BCUT2D eigenvalue weighted by Gasteiger charge is -2.20. The second-order valence-corrected chi connectivity index (χ2v) is 6.00. The Morgan fingerprint density at radius 3 is 2.27 bits per heavy atom. The molecule has 114 valence electrons. The second-order valence-electron chi connectivity index (χ2n) is 6.00. The number of anilines is 1. The van der Waals surface area contributed by atoms with Crippen LogP contribution in [0.5, 0.6) is 5.75 Å². The van der Waals surface area contributed by atoms with Gasteiger partial charge in [-0.25, -0.2) is 0 Å². The van der Waals surface area contributed by atoms with Crippen LogP contribution in [-0.2, 0) is 10.2 Å². The number of benzene rings is 2. The van der Waals surface area contributed by atoms with E-state index in [1.54, 1.807) is 7.11 Å². The molecule has 22 heavy (non-hydrogen) atoms. The molecule has 1 N–H and O–H groups in total. The van der Waals surface area contributed by atoms with Crippen molar-refractivity contribution >= 4 is 11.6 Å². The molecular formula is C19H21NO2. The van der Waals surface area contributed by atoms with E-state index < -0.39 is 5.41 Å². The lowest BCUT2D eigenvalue weighted by atomic mass is 9.93. The Kier molecular flexibility index (Phi) is 3.65.